The minimum atomic E-state index is -0.837. The molecule has 0 amide bonds. The highest BCUT2D eigenvalue weighted by Crippen LogP contribution is 2.11. The van der Waals surface area contributed by atoms with E-state index in [-0.39, 0.29) is 0 Å². The molecular weight excluding hydrogens is 232 g/mol. The van der Waals surface area contributed by atoms with Crippen molar-refractivity contribution in [2.24, 2.45) is 0 Å². The zero-order valence-corrected chi connectivity index (χ0v) is 12.2. The topological polar surface area (TPSA) is 61.8 Å². The van der Waals surface area contributed by atoms with Gasteiger partial charge in [-0.2, -0.15) is 0 Å². The SMILES string of the molecule is CCCNC(C)(CCN(C)CCOCC)C(=O)O. The molecule has 0 aliphatic rings. The Morgan fingerprint density at radius 1 is 1.39 bits per heavy atom. The first kappa shape index (κ1) is 17.4. The molecule has 0 aromatic heterocycles. The molecule has 0 bridgehead atoms. The van der Waals surface area contributed by atoms with Crippen LogP contribution in [-0.2, 0) is 9.53 Å². The van der Waals surface area contributed by atoms with E-state index in [1.54, 1.807) is 6.92 Å². The molecule has 1 atom stereocenters. The van der Waals surface area contributed by atoms with Gasteiger partial charge in [0, 0.05) is 19.7 Å². The minimum absolute atomic E-state index is 0.588. The highest BCUT2D eigenvalue weighted by molar-refractivity contribution is 5.78. The number of aliphatic carboxylic acids is 1. The van der Waals surface area contributed by atoms with E-state index in [9.17, 15) is 9.90 Å². The first-order valence-corrected chi connectivity index (χ1v) is 6.71. The van der Waals surface area contributed by atoms with Crippen molar-refractivity contribution in [2.45, 2.75) is 39.2 Å². The molecule has 0 aromatic rings. The summed E-state index contributed by atoms with van der Waals surface area (Å²) in [6.45, 7) is 9.47. The number of likely N-dealkylation sites (N-methyl/N-ethyl adjacent to an activating group) is 1. The van der Waals surface area contributed by atoms with Crippen LogP contribution >= 0.6 is 0 Å². The van der Waals surface area contributed by atoms with Crippen LogP contribution in [0.4, 0.5) is 0 Å². The van der Waals surface area contributed by atoms with Crippen molar-refractivity contribution >= 4 is 5.97 Å². The number of hydrogen-bond acceptors (Lipinski definition) is 4. The Balaban J connectivity index is 4.06. The summed E-state index contributed by atoms with van der Waals surface area (Å²) in [5, 5.41) is 12.4. The zero-order chi connectivity index (χ0) is 14.0. The van der Waals surface area contributed by atoms with Gasteiger partial charge >= 0.3 is 5.97 Å². The van der Waals surface area contributed by atoms with E-state index in [0.29, 0.717) is 13.0 Å². The fourth-order valence-electron chi connectivity index (χ4n) is 1.56. The van der Waals surface area contributed by atoms with Gasteiger partial charge in [0.1, 0.15) is 5.54 Å². The summed E-state index contributed by atoms with van der Waals surface area (Å²) in [6.07, 6.45) is 1.52. The first-order chi connectivity index (χ1) is 8.46. The summed E-state index contributed by atoms with van der Waals surface area (Å²) in [5.74, 6) is -0.783. The standard InChI is InChI=1S/C13H28N2O3/c1-5-8-14-13(3,12(16)17)7-9-15(4)10-11-18-6-2/h14H,5-11H2,1-4H3,(H,16,17). The summed E-state index contributed by atoms with van der Waals surface area (Å²) in [7, 11) is 1.99. The van der Waals surface area contributed by atoms with Crippen LogP contribution in [0.5, 0.6) is 0 Å². The van der Waals surface area contributed by atoms with E-state index in [1.807, 2.05) is 20.9 Å². The molecule has 0 heterocycles. The van der Waals surface area contributed by atoms with Gasteiger partial charge in [0.15, 0.2) is 0 Å². The summed E-state index contributed by atoms with van der Waals surface area (Å²) >= 11 is 0. The van der Waals surface area contributed by atoms with Crippen molar-refractivity contribution in [3.63, 3.8) is 0 Å². The fourth-order valence-corrected chi connectivity index (χ4v) is 1.56. The third kappa shape index (κ3) is 6.93. The van der Waals surface area contributed by atoms with Gasteiger partial charge in [-0.05, 0) is 40.3 Å². The maximum atomic E-state index is 11.3. The summed E-state index contributed by atoms with van der Waals surface area (Å²) < 4.78 is 5.27. The molecule has 0 radical (unpaired) electrons. The Labute approximate surface area is 110 Å². The fraction of sp³-hybridized carbons (Fsp3) is 0.923. The molecule has 108 valence electrons. The summed E-state index contributed by atoms with van der Waals surface area (Å²) in [5.41, 5.74) is -0.837. The average molecular weight is 260 g/mol. The van der Waals surface area contributed by atoms with Gasteiger partial charge in [0.2, 0.25) is 0 Å². The van der Waals surface area contributed by atoms with Crippen LogP contribution in [0.3, 0.4) is 0 Å². The number of carbonyl (C=O) groups is 1. The van der Waals surface area contributed by atoms with Crippen LogP contribution < -0.4 is 5.32 Å². The lowest BCUT2D eigenvalue weighted by molar-refractivity contribution is -0.144. The minimum Gasteiger partial charge on any atom is -0.480 e. The molecule has 2 N–H and O–H groups in total. The maximum Gasteiger partial charge on any atom is 0.323 e. The van der Waals surface area contributed by atoms with Gasteiger partial charge in [-0.15, -0.1) is 0 Å². The van der Waals surface area contributed by atoms with E-state index >= 15 is 0 Å². The molecule has 0 rings (SSSR count). The maximum absolute atomic E-state index is 11.3. The molecule has 18 heavy (non-hydrogen) atoms. The van der Waals surface area contributed by atoms with E-state index in [2.05, 4.69) is 10.2 Å². The van der Waals surface area contributed by atoms with Gasteiger partial charge in [-0.3, -0.25) is 4.79 Å². The smallest absolute Gasteiger partial charge is 0.323 e. The van der Waals surface area contributed by atoms with Gasteiger partial charge in [-0.25, -0.2) is 0 Å². The number of carboxylic acid groups (broad SMARTS) is 1. The molecule has 0 aliphatic carbocycles. The van der Waals surface area contributed by atoms with Crippen molar-refractivity contribution in [3.8, 4) is 0 Å². The predicted octanol–water partition coefficient (Wildman–Crippen LogP) is 1.19. The molecule has 0 saturated carbocycles. The quantitative estimate of drug-likeness (QED) is 0.546. The Morgan fingerprint density at radius 2 is 2.06 bits per heavy atom. The molecular formula is C13H28N2O3. The molecule has 5 nitrogen and oxygen atoms in total. The van der Waals surface area contributed by atoms with Gasteiger partial charge < -0.3 is 20.1 Å². The third-order valence-electron chi connectivity index (χ3n) is 3.05. The van der Waals surface area contributed by atoms with Crippen molar-refractivity contribution in [2.75, 3.05) is 39.9 Å². The van der Waals surface area contributed by atoms with Crippen LogP contribution in [0.1, 0.15) is 33.6 Å². The lowest BCUT2D eigenvalue weighted by atomic mass is 9.97. The van der Waals surface area contributed by atoms with Crippen molar-refractivity contribution in [1.82, 2.24) is 10.2 Å². The summed E-state index contributed by atoms with van der Waals surface area (Å²) in [6, 6.07) is 0. The van der Waals surface area contributed by atoms with Crippen molar-refractivity contribution in [1.29, 1.82) is 0 Å². The van der Waals surface area contributed by atoms with Crippen LogP contribution in [0.25, 0.3) is 0 Å². The van der Waals surface area contributed by atoms with Gasteiger partial charge in [0.25, 0.3) is 0 Å². The van der Waals surface area contributed by atoms with Gasteiger partial charge in [-0.1, -0.05) is 6.92 Å². The Bertz CT molecular complexity index is 236. The second-order valence-electron chi connectivity index (χ2n) is 4.81. The van der Waals surface area contributed by atoms with Crippen LogP contribution in [0.2, 0.25) is 0 Å². The van der Waals surface area contributed by atoms with Crippen LogP contribution in [0, 0.1) is 0 Å². The lowest BCUT2D eigenvalue weighted by Gasteiger charge is -2.28. The van der Waals surface area contributed by atoms with E-state index in [0.717, 1.165) is 32.7 Å². The highest BCUT2D eigenvalue weighted by atomic mass is 16.5. The largest absolute Gasteiger partial charge is 0.480 e. The van der Waals surface area contributed by atoms with E-state index in [4.69, 9.17) is 4.74 Å². The molecule has 0 aromatic carbocycles. The number of hydrogen-bond donors (Lipinski definition) is 2. The Morgan fingerprint density at radius 3 is 2.56 bits per heavy atom. The summed E-state index contributed by atoms with van der Waals surface area (Å²) in [4.78, 5) is 13.4. The van der Waals surface area contributed by atoms with Crippen molar-refractivity contribution < 1.29 is 14.6 Å². The van der Waals surface area contributed by atoms with Crippen molar-refractivity contribution in [3.05, 3.63) is 0 Å². The number of carboxylic acids is 1. The second kappa shape index (κ2) is 9.30. The predicted molar refractivity (Wildman–Crippen MR) is 72.9 cm³/mol. The van der Waals surface area contributed by atoms with Gasteiger partial charge in [0.05, 0.1) is 6.61 Å². The third-order valence-corrected chi connectivity index (χ3v) is 3.05. The van der Waals surface area contributed by atoms with Crippen LogP contribution in [0.15, 0.2) is 0 Å². The molecule has 5 heteroatoms. The number of nitrogens with zero attached hydrogens (tertiary/aromatic N) is 1. The molecule has 0 spiro atoms. The monoisotopic (exact) mass is 260 g/mol. The second-order valence-corrected chi connectivity index (χ2v) is 4.81. The number of ether oxygens (including phenoxy) is 1. The molecule has 0 fully saturated rings. The molecule has 0 saturated heterocycles. The van der Waals surface area contributed by atoms with E-state index in [1.165, 1.54) is 0 Å². The Hall–Kier alpha value is -0.650. The normalized spacial score (nSPS) is 14.7. The first-order valence-electron chi connectivity index (χ1n) is 6.71. The number of rotatable bonds is 11. The highest BCUT2D eigenvalue weighted by Gasteiger charge is 2.31. The average Bonchev–Trinajstić information content (AvgIpc) is 2.34. The number of nitrogens with one attached hydrogen (secondary N) is 1. The Kier molecular flexibility index (Phi) is 8.97. The molecule has 0 aliphatic heterocycles. The van der Waals surface area contributed by atoms with Crippen LogP contribution in [-0.4, -0.2) is 61.4 Å². The zero-order valence-electron chi connectivity index (χ0n) is 12.2. The molecule has 1 unspecified atom stereocenters. The lowest BCUT2D eigenvalue weighted by Crippen LogP contribution is -2.51. The van der Waals surface area contributed by atoms with E-state index < -0.39 is 11.5 Å².